The number of para-hydroxylation sites is 1. The molecule has 2 aromatic rings. The quantitative estimate of drug-likeness (QED) is 0.830. The molecule has 18 heavy (non-hydrogen) atoms. The van der Waals surface area contributed by atoms with Crippen molar-refractivity contribution in [3.05, 3.63) is 65.4 Å². The van der Waals surface area contributed by atoms with Crippen molar-refractivity contribution in [1.82, 2.24) is 0 Å². The molecular weight excluding hydrogens is 220 g/mol. The molecule has 3 rings (SSSR count). The van der Waals surface area contributed by atoms with Gasteiger partial charge in [0.05, 0.1) is 0 Å². The number of fused-ring (bicyclic) bond motifs is 1. The first-order valence-corrected chi connectivity index (χ1v) is 6.18. The predicted octanol–water partition coefficient (Wildman–Crippen LogP) is 3.74. The van der Waals surface area contributed by atoms with Crippen LogP contribution in [0, 0.1) is 0 Å². The molecule has 0 saturated carbocycles. The Labute approximate surface area is 107 Å². The molecule has 0 fully saturated rings. The zero-order valence-corrected chi connectivity index (χ0v) is 10.4. The maximum atomic E-state index is 3.46. The summed E-state index contributed by atoms with van der Waals surface area (Å²) >= 11 is 0. The molecular formula is C16H16N2. The summed E-state index contributed by atoms with van der Waals surface area (Å²) in [7, 11) is 1.93. The van der Waals surface area contributed by atoms with E-state index in [2.05, 4.69) is 65.2 Å². The first kappa shape index (κ1) is 10.9. The van der Waals surface area contributed by atoms with Gasteiger partial charge in [-0.05, 0) is 35.4 Å². The maximum Gasteiger partial charge on any atom is 0.0418 e. The Morgan fingerprint density at radius 2 is 1.83 bits per heavy atom. The van der Waals surface area contributed by atoms with Crippen molar-refractivity contribution in [3.8, 4) is 0 Å². The van der Waals surface area contributed by atoms with Gasteiger partial charge in [0, 0.05) is 30.5 Å². The number of benzene rings is 2. The van der Waals surface area contributed by atoms with E-state index in [9.17, 15) is 0 Å². The number of hydrogen-bond donors (Lipinski definition) is 2. The Morgan fingerprint density at radius 1 is 1.06 bits per heavy atom. The Morgan fingerprint density at radius 3 is 2.56 bits per heavy atom. The lowest BCUT2D eigenvalue weighted by molar-refractivity contribution is 1.26. The van der Waals surface area contributed by atoms with Gasteiger partial charge in [0.2, 0.25) is 0 Å². The molecule has 0 aliphatic carbocycles. The number of anilines is 2. The molecule has 2 aromatic carbocycles. The summed E-state index contributed by atoms with van der Waals surface area (Å²) in [5.74, 6) is 0. The van der Waals surface area contributed by atoms with Gasteiger partial charge in [-0.1, -0.05) is 30.3 Å². The molecule has 0 unspecified atom stereocenters. The van der Waals surface area contributed by atoms with Crippen LogP contribution in [-0.2, 0) is 6.42 Å². The van der Waals surface area contributed by atoms with Crippen LogP contribution in [0.2, 0.25) is 0 Å². The highest BCUT2D eigenvalue weighted by Gasteiger charge is 2.12. The summed E-state index contributed by atoms with van der Waals surface area (Å²) in [4.78, 5) is 0. The molecule has 0 amide bonds. The van der Waals surface area contributed by atoms with Crippen LogP contribution in [0.15, 0.2) is 54.2 Å². The Kier molecular flexibility index (Phi) is 2.77. The zero-order valence-electron chi connectivity index (χ0n) is 10.4. The summed E-state index contributed by atoms with van der Waals surface area (Å²) in [5, 5.41) is 6.58. The fourth-order valence-electron chi connectivity index (χ4n) is 2.25. The molecule has 0 atom stereocenters. The minimum Gasteiger partial charge on any atom is -0.388 e. The minimum atomic E-state index is 0.990. The Hall–Kier alpha value is -2.22. The smallest absolute Gasteiger partial charge is 0.0418 e. The molecule has 1 aliphatic heterocycles. The lowest BCUT2D eigenvalue weighted by Gasteiger charge is -2.02. The van der Waals surface area contributed by atoms with Crippen molar-refractivity contribution in [1.29, 1.82) is 0 Å². The molecule has 2 heteroatoms. The fraction of sp³-hybridized carbons (Fsp3) is 0.125. The molecule has 1 aliphatic rings. The average Bonchev–Trinajstić information content (AvgIpc) is 2.82. The van der Waals surface area contributed by atoms with Crippen molar-refractivity contribution in [2.45, 2.75) is 6.42 Å². The number of nitrogens with one attached hydrogen (secondary N) is 2. The highest BCUT2D eigenvalue weighted by Crippen LogP contribution is 2.28. The van der Waals surface area contributed by atoms with E-state index in [0.29, 0.717) is 0 Å². The summed E-state index contributed by atoms with van der Waals surface area (Å²) < 4.78 is 0. The van der Waals surface area contributed by atoms with Crippen molar-refractivity contribution in [3.63, 3.8) is 0 Å². The Bertz CT molecular complexity index is 555. The minimum absolute atomic E-state index is 0.990. The largest absolute Gasteiger partial charge is 0.388 e. The van der Waals surface area contributed by atoms with Crippen LogP contribution in [0.3, 0.4) is 0 Å². The second-order valence-electron chi connectivity index (χ2n) is 4.50. The van der Waals surface area contributed by atoms with Crippen molar-refractivity contribution in [2.24, 2.45) is 0 Å². The zero-order chi connectivity index (χ0) is 12.4. The van der Waals surface area contributed by atoms with E-state index in [-0.39, 0.29) is 0 Å². The molecule has 0 saturated heterocycles. The van der Waals surface area contributed by atoms with Crippen LogP contribution >= 0.6 is 0 Å². The SMILES string of the molecule is CNc1ccc(C=C2Cc3ccccc3N2)cc1. The maximum absolute atomic E-state index is 3.46. The Balaban J connectivity index is 1.82. The molecule has 90 valence electrons. The molecule has 2 nitrogen and oxygen atoms in total. The van der Waals surface area contributed by atoms with E-state index >= 15 is 0 Å². The first-order valence-electron chi connectivity index (χ1n) is 6.18. The van der Waals surface area contributed by atoms with E-state index in [4.69, 9.17) is 0 Å². The molecule has 0 aromatic heterocycles. The third-order valence-electron chi connectivity index (χ3n) is 3.23. The second-order valence-corrected chi connectivity index (χ2v) is 4.50. The van der Waals surface area contributed by atoms with Crippen molar-refractivity contribution >= 4 is 17.5 Å². The van der Waals surface area contributed by atoms with Gasteiger partial charge in [-0.2, -0.15) is 0 Å². The molecule has 0 spiro atoms. The summed E-state index contributed by atoms with van der Waals surface area (Å²) in [6.45, 7) is 0. The van der Waals surface area contributed by atoms with Gasteiger partial charge >= 0.3 is 0 Å². The van der Waals surface area contributed by atoms with Gasteiger partial charge in [-0.25, -0.2) is 0 Å². The first-order chi connectivity index (χ1) is 8.85. The van der Waals surface area contributed by atoms with Crippen LogP contribution in [-0.4, -0.2) is 7.05 Å². The van der Waals surface area contributed by atoms with Gasteiger partial charge in [0.15, 0.2) is 0 Å². The third kappa shape index (κ3) is 2.09. The van der Waals surface area contributed by atoms with E-state index < -0.39 is 0 Å². The van der Waals surface area contributed by atoms with Gasteiger partial charge < -0.3 is 10.6 Å². The highest BCUT2D eigenvalue weighted by atomic mass is 14.9. The van der Waals surface area contributed by atoms with Crippen LogP contribution in [0.1, 0.15) is 11.1 Å². The predicted molar refractivity (Wildman–Crippen MR) is 77.7 cm³/mol. The van der Waals surface area contributed by atoms with Crippen LogP contribution < -0.4 is 10.6 Å². The van der Waals surface area contributed by atoms with Gasteiger partial charge in [0.25, 0.3) is 0 Å². The third-order valence-corrected chi connectivity index (χ3v) is 3.23. The average molecular weight is 236 g/mol. The van der Waals surface area contributed by atoms with E-state index in [0.717, 1.165) is 12.1 Å². The lowest BCUT2D eigenvalue weighted by Crippen LogP contribution is -1.91. The van der Waals surface area contributed by atoms with Crippen molar-refractivity contribution < 1.29 is 0 Å². The number of hydrogen-bond acceptors (Lipinski definition) is 2. The topological polar surface area (TPSA) is 24.1 Å². The van der Waals surface area contributed by atoms with E-state index in [1.807, 2.05) is 7.05 Å². The standard InChI is InChI=1S/C16H16N2/c1-17-14-8-6-12(7-9-14)10-15-11-13-4-2-3-5-16(13)18-15/h2-10,17-18H,11H2,1H3. The normalized spacial score (nSPS) is 15.3. The summed E-state index contributed by atoms with van der Waals surface area (Å²) in [6, 6.07) is 16.9. The highest BCUT2D eigenvalue weighted by molar-refractivity contribution is 5.69. The van der Waals surface area contributed by atoms with Crippen LogP contribution in [0.4, 0.5) is 11.4 Å². The second kappa shape index (κ2) is 4.57. The lowest BCUT2D eigenvalue weighted by atomic mass is 10.1. The fourth-order valence-corrected chi connectivity index (χ4v) is 2.25. The summed E-state index contributed by atoms with van der Waals surface area (Å²) in [5.41, 5.74) is 6.23. The number of allylic oxidation sites excluding steroid dienone is 1. The van der Waals surface area contributed by atoms with Crippen LogP contribution in [0.25, 0.3) is 6.08 Å². The van der Waals surface area contributed by atoms with E-state index in [1.54, 1.807) is 0 Å². The molecule has 0 bridgehead atoms. The van der Waals surface area contributed by atoms with Crippen molar-refractivity contribution in [2.75, 3.05) is 17.7 Å². The monoisotopic (exact) mass is 236 g/mol. The van der Waals surface area contributed by atoms with E-state index in [1.165, 1.54) is 22.5 Å². The summed E-state index contributed by atoms with van der Waals surface area (Å²) in [6.07, 6.45) is 3.20. The molecule has 2 N–H and O–H groups in total. The van der Waals surface area contributed by atoms with Gasteiger partial charge in [0.1, 0.15) is 0 Å². The van der Waals surface area contributed by atoms with Gasteiger partial charge in [-0.3, -0.25) is 0 Å². The number of rotatable bonds is 2. The molecule has 1 heterocycles. The molecule has 0 radical (unpaired) electrons. The van der Waals surface area contributed by atoms with Crippen LogP contribution in [0.5, 0.6) is 0 Å². The van der Waals surface area contributed by atoms with Gasteiger partial charge in [-0.15, -0.1) is 0 Å².